The topological polar surface area (TPSA) is 66.4 Å². The second kappa shape index (κ2) is 6.62. The Hall–Kier alpha value is -1.06. The Labute approximate surface area is 103 Å². The Bertz CT molecular complexity index is 276. The van der Waals surface area contributed by atoms with Gasteiger partial charge in [0.2, 0.25) is 5.91 Å². The van der Waals surface area contributed by atoms with E-state index < -0.39 is 5.97 Å². The van der Waals surface area contributed by atoms with Crippen LogP contribution in [0.15, 0.2) is 0 Å². The molecule has 1 saturated carbocycles. The highest BCUT2D eigenvalue weighted by molar-refractivity contribution is 5.76. The van der Waals surface area contributed by atoms with Crippen LogP contribution in [0, 0.1) is 11.8 Å². The van der Waals surface area contributed by atoms with Gasteiger partial charge in [0.05, 0.1) is 5.92 Å². The van der Waals surface area contributed by atoms with Gasteiger partial charge in [-0.05, 0) is 31.6 Å². The number of rotatable bonds is 5. The second-order valence-electron chi connectivity index (χ2n) is 5.40. The van der Waals surface area contributed by atoms with E-state index in [1.807, 2.05) is 0 Å². The highest BCUT2D eigenvalue weighted by Gasteiger charge is 2.27. The minimum Gasteiger partial charge on any atom is -0.481 e. The van der Waals surface area contributed by atoms with Gasteiger partial charge in [0, 0.05) is 12.5 Å². The van der Waals surface area contributed by atoms with Crippen LogP contribution in [0.4, 0.5) is 0 Å². The fourth-order valence-corrected chi connectivity index (χ4v) is 2.26. The van der Waals surface area contributed by atoms with Crippen LogP contribution in [0.3, 0.4) is 0 Å². The molecule has 4 heteroatoms. The van der Waals surface area contributed by atoms with Gasteiger partial charge in [-0.3, -0.25) is 9.59 Å². The van der Waals surface area contributed by atoms with Crippen molar-refractivity contribution < 1.29 is 14.7 Å². The predicted octanol–water partition coefficient (Wildman–Crippen LogP) is 2.18. The van der Waals surface area contributed by atoms with Crippen LogP contribution in [0.1, 0.15) is 52.4 Å². The van der Waals surface area contributed by atoms with Gasteiger partial charge in [0.15, 0.2) is 0 Å². The molecular weight excluding hydrogens is 218 g/mol. The van der Waals surface area contributed by atoms with E-state index in [4.69, 9.17) is 5.11 Å². The molecular formula is C13H23NO3. The molecule has 1 aliphatic carbocycles. The molecule has 0 aromatic carbocycles. The van der Waals surface area contributed by atoms with Crippen LogP contribution < -0.4 is 5.32 Å². The van der Waals surface area contributed by atoms with Crippen LogP contribution >= 0.6 is 0 Å². The molecule has 2 atom stereocenters. The van der Waals surface area contributed by atoms with E-state index in [-0.39, 0.29) is 17.9 Å². The molecule has 0 saturated heterocycles. The lowest BCUT2D eigenvalue weighted by atomic mass is 9.85. The summed E-state index contributed by atoms with van der Waals surface area (Å²) in [4.78, 5) is 22.5. The molecule has 0 heterocycles. The fraction of sp³-hybridized carbons (Fsp3) is 0.846. The molecule has 0 radical (unpaired) electrons. The standard InChI is InChI=1S/C13H23NO3/c1-9(2)6-7-12(15)14-11-5-3-4-10(8-11)13(16)17/h9-11H,3-8H2,1-2H3,(H,14,15)(H,16,17). The first-order valence-corrected chi connectivity index (χ1v) is 6.51. The zero-order valence-corrected chi connectivity index (χ0v) is 10.7. The molecule has 1 amide bonds. The van der Waals surface area contributed by atoms with Crippen molar-refractivity contribution in [2.24, 2.45) is 11.8 Å². The lowest BCUT2D eigenvalue weighted by Crippen LogP contribution is -2.39. The largest absolute Gasteiger partial charge is 0.481 e. The fourth-order valence-electron chi connectivity index (χ4n) is 2.26. The van der Waals surface area contributed by atoms with E-state index in [1.165, 1.54) is 0 Å². The number of carboxylic acid groups (broad SMARTS) is 1. The summed E-state index contributed by atoms with van der Waals surface area (Å²) in [5.41, 5.74) is 0. The summed E-state index contributed by atoms with van der Waals surface area (Å²) in [5, 5.41) is 11.9. The molecule has 2 unspecified atom stereocenters. The Morgan fingerprint density at radius 3 is 2.65 bits per heavy atom. The third-order valence-corrected chi connectivity index (χ3v) is 3.34. The number of aliphatic carboxylic acids is 1. The number of carbonyl (C=O) groups is 2. The number of nitrogens with one attached hydrogen (secondary N) is 1. The molecule has 0 spiro atoms. The Balaban J connectivity index is 2.30. The smallest absolute Gasteiger partial charge is 0.306 e. The maximum Gasteiger partial charge on any atom is 0.306 e. The summed E-state index contributed by atoms with van der Waals surface area (Å²) in [7, 11) is 0. The number of hydrogen-bond donors (Lipinski definition) is 2. The molecule has 98 valence electrons. The van der Waals surface area contributed by atoms with Crippen molar-refractivity contribution in [1.82, 2.24) is 5.32 Å². The summed E-state index contributed by atoms with van der Waals surface area (Å²) < 4.78 is 0. The van der Waals surface area contributed by atoms with Gasteiger partial charge in [0.25, 0.3) is 0 Å². The Kier molecular flexibility index (Phi) is 5.45. The molecule has 1 fully saturated rings. The molecule has 0 bridgehead atoms. The van der Waals surface area contributed by atoms with Crippen molar-refractivity contribution in [3.8, 4) is 0 Å². The molecule has 4 nitrogen and oxygen atoms in total. The van der Waals surface area contributed by atoms with Gasteiger partial charge in [-0.2, -0.15) is 0 Å². The molecule has 1 aliphatic rings. The average Bonchev–Trinajstić information content (AvgIpc) is 2.26. The van der Waals surface area contributed by atoms with Crippen LogP contribution in [0.25, 0.3) is 0 Å². The van der Waals surface area contributed by atoms with Crippen LogP contribution in [-0.2, 0) is 9.59 Å². The summed E-state index contributed by atoms with van der Waals surface area (Å²) in [5.74, 6) is -0.418. The van der Waals surface area contributed by atoms with Crippen molar-refractivity contribution in [3.63, 3.8) is 0 Å². The SMILES string of the molecule is CC(C)CCC(=O)NC1CCCC(C(=O)O)C1. The highest BCUT2D eigenvalue weighted by atomic mass is 16.4. The zero-order chi connectivity index (χ0) is 12.8. The summed E-state index contributed by atoms with van der Waals surface area (Å²) in [6, 6.07) is 0.0597. The van der Waals surface area contributed by atoms with Crippen molar-refractivity contribution >= 4 is 11.9 Å². The summed E-state index contributed by atoms with van der Waals surface area (Å²) >= 11 is 0. The maximum absolute atomic E-state index is 11.6. The number of carboxylic acids is 1. The van der Waals surface area contributed by atoms with Gasteiger partial charge in [-0.1, -0.05) is 20.3 Å². The quantitative estimate of drug-likeness (QED) is 0.775. The third kappa shape index (κ3) is 5.20. The first-order valence-electron chi connectivity index (χ1n) is 6.51. The van der Waals surface area contributed by atoms with Crippen molar-refractivity contribution in [2.75, 3.05) is 0 Å². The molecule has 2 N–H and O–H groups in total. The number of hydrogen-bond acceptors (Lipinski definition) is 2. The normalized spacial score (nSPS) is 24.6. The Morgan fingerprint density at radius 1 is 1.35 bits per heavy atom. The van der Waals surface area contributed by atoms with E-state index in [0.29, 0.717) is 18.8 Å². The number of carbonyl (C=O) groups excluding carboxylic acids is 1. The minimum atomic E-state index is -0.730. The van der Waals surface area contributed by atoms with Gasteiger partial charge in [0.1, 0.15) is 0 Å². The van der Waals surface area contributed by atoms with Crippen molar-refractivity contribution in [1.29, 1.82) is 0 Å². The molecule has 0 aromatic heterocycles. The number of amides is 1. The Morgan fingerprint density at radius 2 is 2.06 bits per heavy atom. The second-order valence-corrected chi connectivity index (χ2v) is 5.40. The lowest BCUT2D eigenvalue weighted by molar-refractivity contribution is -0.143. The average molecular weight is 241 g/mol. The summed E-state index contributed by atoms with van der Waals surface area (Å²) in [6.45, 7) is 4.18. The third-order valence-electron chi connectivity index (χ3n) is 3.34. The minimum absolute atomic E-state index is 0.0597. The predicted molar refractivity (Wildman–Crippen MR) is 65.6 cm³/mol. The van der Waals surface area contributed by atoms with E-state index in [0.717, 1.165) is 25.7 Å². The van der Waals surface area contributed by atoms with Gasteiger partial charge in [-0.15, -0.1) is 0 Å². The van der Waals surface area contributed by atoms with Gasteiger partial charge < -0.3 is 10.4 Å². The van der Waals surface area contributed by atoms with E-state index in [2.05, 4.69) is 19.2 Å². The van der Waals surface area contributed by atoms with Crippen molar-refractivity contribution in [2.45, 2.75) is 58.4 Å². The van der Waals surface area contributed by atoms with Crippen molar-refractivity contribution in [3.05, 3.63) is 0 Å². The highest BCUT2D eigenvalue weighted by Crippen LogP contribution is 2.24. The molecule has 0 aliphatic heterocycles. The van der Waals surface area contributed by atoms with E-state index in [9.17, 15) is 9.59 Å². The van der Waals surface area contributed by atoms with E-state index >= 15 is 0 Å². The monoisotopic (exact) mass is 241 g/mol. The zero-order valence-electron chi connectivity index (χ0n) is 10.7. The van der Waals surface area contributed by atoms with Gasteiger partial charge >= 0.3 is 5.97 Å². The van der Waals surface area contributed by atoms with Crippen LogP contribution in [-0.4, -0.2) is 23.0 Å². The van der Waals surface area contributed by atoms with Crippen LogP contribution in [0.2, 0.25) is 0 Å². The van der Waals surface area contributed by atoms with Crippen LogP contribution in [0.5, 0.6) is 0 Å². The molecule has 1 rings (SSSR count). The maximum atomic E-state index is 11.6. The molecule has 17 heavy (non-hydrogen) atoms. The van der Waals surface area contributed by atoms with E-state index in [1.54, 1.807) is 0 Å². The first-order chi connectivity index (χ1) is 7.99. The van der Waals surface area contributed by atoms with Gasteiger partial charge in [-0.25, -0.2) is 0 Å². The summed E-state index contributed by atoms with van der Waals surface area (Å²) in [6.07, 6.45) is 4.58. The molecule has 0 aromatic rings. The first kappa shape index (κ1) is 14.0. The lowest BCUT2D eigenvalue weighted by Gasteiger charge is -2.27.